The average molecular weight is 345 g/mol. The summed E-state index contributed by atoms with van der Waals surface area (Å²) in [5.74, 6) is -0.571. The standard InChI is InChI=1S/C16H22ClFN2O3/c1-16(2,3)23-15(22)20-5-4-10(12(18)9-20)6-14(21)13-7-11(17)8-19-13/h7-8,10,12,19H,4-6,9H2,1-3H3/t10-,12-/m0/s1. The average Bonchev–Trinajstić information content (AvgIpc) is 2.85. The van der Waals surface area contributed by atoms with Crippen molar-refractivity contribution in [2.45, 2.75) is 45.4 Å². The third-order valence-corrected chi connectivity index (χ3v) is 3.94. The van der Waals surface area contributed by atoms with E-state index in [0.717, 1.165) is 0 Å². The Labute approximate surface area is 140 Å². The molecule has 1 aliphatic heterocycles. The van der Waals surface area contributed by atoms with Crippen LogP contribution in [0.25, 0.3) is 0 Å². The van der Waals surface area contributed by atoms with E-state index in [0.29, 0.717) is 23.7 Å². The number of H-pyrrole nitrogens is 1. The molecular weight excluding hydrogens is 323 g/mol. The van der Waals surface area contributed by atoms with Crippen LogP contribution in [0.3, 0.4) is 0 Å². The molecule has 7 heteroatoms. The van der Waals surface area contributed by atoms with Crippen molar-refractivity contribution in [3.8, 4) is 0 Å². The maximum Gasteiger partial charge on any atom is 0.410 e. The zero-order valence-electron chi connectivity index (χ0n) is 13.6. The molecule has 1 saturated heterocycles. The van der Waals surface area contributed by atoms with Crippen molar-refractivity contribution < 1.29 is 18.7 Å². The van der Waals surface area contributed by atoms with E-state index in [4.69, 9.17) is 16.3 Å². The first-order valence-electron chi connectivity index (χ1n) is 7.65. The summed E-state index contributed by atoms with van der Waals surface area (Å²) in [6, 6.07) is 1.53. The smallest absolute Gasteiger partial charge is 0.410 e. The zero-order valence-corrected chi connectivity index (χ0v) is 14.3. The molecule has 0 unspecified atom stereocenters. The van der Waals surface area contributed by atoms with Gasteiger partial charge in [-0.05, 0) is 33.3 Å². The van der Waals surface area contributed by atoms with Gasteiger partial charge in [0.1, 0.15) is 11.8 Å². The largest absolute Gasteiger partial charge is 0.444 e. The Bertz CT molecular complexity index is 582. The predicted octanol–water partition coefficient (Wildman–Crippen LogP) is 3.84. The minimum absolute atomic E-state index is 0.0433. The summed E-state index contributed by atoms with van der Waals surface area (Å²) in [5.41, 5.74) is -0.223. The number of nitrogens with zero attached hydrogens (tertiary/aromatic N) is 1. The highest BCUT2D eigenvalue weighted by Crippen LogP contribution is 2.26. The lowest BCUT2D eigenvalue weighted by Crippen LogP contribution is -2.47. The van der Waals surface area contributed by atoms with Crippen molar-refractivity contribution in [2.24, 2.45) is 5.92 Å². The number of nitrogens with one attached hydrogen (secondary N) is 1. The van der Waals surface area contributed by atoms with E-state index < -0.39 is 23.8 Å². The molecule has 2 atom stereocenters. The Morgan fingerprint density at radius 1 is 1.48 bits per heavy atom. The van der Waals surface area contributed by atoms with Crippen LogP contribution in [0.2, 0.25) is 5.02 Å². The lowest BCUT2D eigenvalue weighted by atomic mass is 9.89. The third kappa shape index (κ3) is 4.96. The number of amides is 1. The van der Waals surface area contributed by atoms with Gasteiger partial charge >= 0.3 is 6.09 Å². The minimum atomic E-state index is -1.24. The summed E-state index contributed by atoms with van der Waals surface area (Å²) >= 11 is 5.77. The summed E-state index contributed by atoms with van der Waals surface area (Å²) in [6.07, 6.45) is 0.292. The number of aromatic nitrogens is 1. The monoisotopic (exact) mass is 344 g/mol. The van der Waals surface area contributed by atoms with Crippen molar-refractivity contribution in [1.82, 2.24) is 9.88 Å². The molecule has 0 bridgehead atoms. The first kappa shape index (κ1) is 17.8. The molecule has 2 heterocycles. The van der Waals surface area contributed by atoms with E-state index in [1.54, 1.807) is 20.8 Å². The van der Waals surface area contributed by atoms with Crippen molar-refractivity contribution in [3.63, 3.8) is 0 Å². The summed E-state index contributed by atoms with van der Waals surface area (Å²) in [4.78, 5) is 28.2. The van der Waals surface area contributed by atoms with E-state index in [1.807, 2.05) is 0 Å². The highest BCUT2D eigenvalue weighted by Gasteiger charge is 2.34. The number of alkyl halides is 1. The Morgan fingerprint density at radius 2 is 2.17 bits per heavy atom. The molecule has 1 aromatic heterocycles. The molecule has 1 amide bonds. The van der Waals surface area contributed by atoms with Crippen molar-refractivity contribution >= 4 is 23.5 Å². The Kier molecular flexibility index (Phi) is 5.34. The Morgan fingerprint density at radius 3 is 2.70 bits per heavy atom. The molecule has 5 nitrogen and oxygen atoms in total. The summed E-state index contributed by atoms with van der Waals surface area (Å²) in [7, 11) is 0. The summed E-state index contributed by atoms with van der Waals surface area (Å²) in [6.45, 7) is 5.65. The number of piperidine rings is 1. The number of hydrogen-bond acceptors (Lipinski definition) is 3. The second-order valence-electron chi connectivity index (χ2n) is 6.85. The predicted molar refractivity (Wildman–Crippen MR) is 85.6 cm³/mol. The highest BCUT2D eigenvalue weighted by molar-refractivity contribution is 6.31. The van der Waals surface area contributed by atoms with Crippen LogP contribution in [0, 0.1) is 5.92 Å². The molecular formula is C16H22ClFN2O3. The van der Waals surface area contributed by atoms with Crippen LogP contribution in [0.5, 0.6) is 0 Å². The number of Topliss-reactive ketones (excluding diaryl/α,β-unsaturated/α-hetero) is 1. The van der Waals surface area contributed by atoms with Crippen LogP contribution in [0.4, 0.5) is 9.18 Å². The molecule has 0 aromatic carbocycles. The van der Waals surface area contributed by atoms with Crippen molar-refractivity contribution in [3.05, 3.63) is 23.0 Å². The molecule has 1 aromatic rings. The number of ether oxygens (including phenoxy) is 1. The first-order valence-corrected chi connectivity index (χ1v) is 8.02. The van der Waals surface area contributed by atoms with Crippen LogP contribution in [-0.4, -0.2) is 46.6 Å². The Hall–Kier alpha value is -1.56. The number of carbonyl (C=O) groups excluding carboxylic acids is 2. The zero-order chi connectivity index (χ0) is 17.2. The minimum Gasteiger partial charge on any atom is -0.444 e. The van der Waals surface area contributed by atoms with Gasteiger partial charge in [0.2, 0.25) is 0 Å². The number of aromatic amines is 1. The van der Waals surface area contributed by atoms with E-state index in [-0.39, 0.29) is 18.7 Å². The van der Waals surface area contributed by atoms with Gasteiger partial charge in [0.15, 0.2) is 5.78 Å². The van der Waals surface area contributed by atoms with Gasteiger partial charge in [0, 0.05) is 25.1 Å². The van der Waals surface area contributed by atoms with Gasteiger partial charge in [-0.2, -0.15) is 0 Å². The number of ketones is 1. The second kappa shape index (κ2) is 6.91. The lowest BCUT2D eigenvalue weighted by molar-refractivity contribution is 0.00516. The fraction of sp³-hybridized carbons (Fsp3) is 0.625. The van der Waals surface area contributed by atoms with E-state index in [2.05, 4.69) is 4.98 Å². The number of rotatable bonds is 3. The summed E-state index contributed by atoms with van der Waals surface area (Å²) < 4.78 is 19.6. The van der Waals surface area contributed by atoms with Gasteiger partial charge in [-0.1, -0.05) is 11.6 Å². The van der Waals surface area contributed by atoms with Gasteiger partial charge in [0.25, 0.3) is 0 Å². The van der Waals surface area contributed by atoms with Crippen molar-refractivity contribution in [2.75, 3.05) is 13.1 Å². The molecule has 0 radical (unpaired) electrons. The molecule has 1 aliphatic rings. The van der Waals surface area contributed by atoms with Crippen LogP contribution in [-0.2, 0) is 4.74 Å². The fourth-order valence-corrected chi connectivity index (χ4v) is 2.72. The first-order chi connectivity index (χ1) is 10.7. The van der Waals surface area contributed by atoms with Crippen LogP contribution in [0.1, 0.15) is 44.1 Å². The normalized spacial score (nSPS) is 22.0. The molecule has 2 rings (SSSR count). The molecule has 1 fully saturated rings. The van der Waals surface area contributed by atoms with Gasteiger partial charge in [-0.3, -0.25) is 4.79 Å². The summed E-state index contributed by atoms with van der Waals surface area (Å²) in [5, 5.41) is 0.449. The number of halogens is 2. The molecule has 0 spiro atoms. The number of likely N-dealkylation sites (tertiary alicyclic amines) is 1. The molecule has 23 heavy (non-hydrogen) atoms. The van der Waals surface area contributed by atoms with Crippen LogP contribution < -0.4 is 0 Å². The number of carbonyl (C=O) groups is 2. The third-order valence-electron chi connectivity index (χ3n) is 3.72. The van der Waals surface area contributed by atoms with Crippen molar-refractivity contribution in [1.29, 1.82) is 0 Å². The SMILES string of the molecule is CC(C)(C)OC(=O)N1CC[C@@H](CC(=O)c2cc(Cl)c[nH]2)[C@@H](F)C1. The van der Waals surface area contributed by atoms with Crippen LogP contribution in [0.15, 0.2) is 12.3 Å². The molecule has 0 saturated carbocycles. The maximum absolute atomic E-state index is 14.3. The van der Waals surface area contributed by atoms with Gasteiger partial charge in [-0.15, -0.1) is 0 Å². The quantitative estimate of drug-likeness (QED) is 0.847. The number of hydrogen-bond donors (Lipinski definition) is 1. The van der Waals surface area contributed by atoms with Crippen LogP contribution >= 0.6 is 11.6 Å². The molecule has 1 N–H and O–H groups in total. The highest BCUT2D eigenvalue weighted by atomic mass is 35.5. The van der Waals surface area contributed by atoms with E-state index >= 15 is 0 Å². The van der Waals surface area contributed by atoms with Gasteiger partial charge < -0.3 is 14.6 Å². The fourth-order valence-electron chi connectivity index (χ4n) is 2.55. The molecule has 0 aliphatic carbocycles. The van der Waals surface area contributed by atoms with Gasteiger partial charge in [0.05, 0.1) is 17.3 Å². The van der Waals surface area contributed by atoms with E-state index in [9.17, 15) is 14.0 Å². The van der Waals surface area contributed by atoms with Gasteiger partial charge in [-0.25, -0.2) is 9.18 Å². The maximum atomic E-state index is 14.3. The van der Waals surface area contributed by atoms with E-state index in [1.165, 1.54) is 17.2 Å². The second-order valence-corrected chi connectivity index (χ2v) is 7.29. The topological polar surface area (TPSA) is 62.4 Å². The molecule has 128 valence electrons. The lowest BCUT2D eigenvalue weighted by Gasteiger charge is -2.35. The Balaban J connectivity index is 1.89.